The fraction of sp³-hybridized carbons (Fsp3) is 0.400. The SMILES string of the molecule is CS(=O)(=O)NS(=O)(=O)NC[C@H]1COc2cc(Cl)ccc2O1. The third-order valence-electron chi connectivity index (χ3n) is 2.39. The van der Waals surface area contributed by atoms with E-state index in [1.54, 1.807) is 18.2 Å². The molecule has 1 aromatic carbocycles. The van der Waals surface area contributed by atoms with Gasteiger partial charge in [-0.05, 0) is 12.1 Å². The van der Waals surface area contributed by atoms with E-state index in [2.05, 4.69) is 4.72 Å². The molecule has 0 radical (unpaired) electrons. The summed E-state index contributed by atoms with van der Waals surface area (Å²) in [6.07, 6.45) is 0.154. The molecule has 0 amide bonds. The van der Waals surface area contributed by atoms with Crippen LogP contribution in [-0.2, 0) is 20.2 Å². The predicted octanol–water partition coefficient (Wildman–Crippen LogP) is -0.137. The van der Waals surface area contributed by atoms with Crippen molar-refractivity contribution in [3.63, 3.8) is 0 Å². The molecule has 0 aliphatic carbocycles. The minimum Gasteiger partial charge on any atom is -0.486 e. The Hall–Kier alpha value is -1.07. The fourth-order valence-corrected chi connectivity index (χ4v) is 4.02. The Labute approximate surface area is 127 Å². The van der Waals surface area contributed by atoms with Crippen molar-refractivity contribution < 1.29 is 26.3 Å². The molecule has 0 aromatic heterocycles. The van der Waals surface area contributed by atoms with Crippen LogP contribution in [0.2, 0.25) is 5.02 Å². The monoisotopic (exact) mass is 356 g/mol. The van der Waals surface area contributed by atoms with Crippen LogP contribution in [0.1, 0.15) is 0 Å². The van der Waals surface area contributed by atoms with Crippen molar-refractivity contribution in [1.29, 1.82) is 0 Å². The number of hydrogen-bond donors (Lipinski definition) is 2. The first kappa shape index (κ1) is 16.3. The second kappa shape index (κ2) is 5.97. The van der Waals surface area contributed by atoms with Crippen molar-refractivity contribution in [2.45, 2.75) is 6.10 Å². The van der Waals surface area contributed by atoms with Gasteiger partial charge in [-0.25, -0.2) is 8.42 Å². The molecule has 0 bridgehead atoms. The average molecular weight is 357 g/mol. The van der Waals surface area contributed by atoms with Gasteiger partial charge in [-0.15, -0.1) is 0 Å². The molecule has 0 saturated heterocycles. The van der Waals surface area contributed by atoms with E-state index in [0.717, 1.165) is 6.26 Å². The molecule has 11 heteroatoms. The molecule has 1 heterocycles. The maximum Gasteiger partial charge on any atom is 0.290 e. The van der Waals surface area contributed by atoms with Crippen molar-refractivity contribution in [3.05, 3.63) is 23.2 Å². The Kier molecular flexibility index (Phi) is 4.63. The van der Waals surface area contributed by atoms with Gasteiger partial charge in [0.25, 0.3) is 10.2 Å². The van der Waals surface area contributed by atoms with E-state index >= 15 is 0 Å². The standard InChI is InChI=1S/C10H13ClN2O6S2/c1-20(14,15)13-21(16,17)12-5-8-6-18-10-4-7(11)2-3-9(10)19-8/h2-4,8,12-13H,5-6H2,1H3/t8-/m0/s1. The number of halogens is 1. The van der Waals surface area contributed by atoms with Gasteiger partial charge in [-0.3, -0.25) is 0 Å². The molecule has 21 heavy (non-hydrogen) atoms. The maximum atomic E-state index is 11.5. The number of fused-ring (bicyclic) bond motifs is 1. The lowest BCUT2D eigenvalue weighted by molar-refractivity contribution is 0.0943. The van der Waals surface area contributed by atoms with Crippen molar-refractivity contribution in [2.75, 3.05) is 19.4 Å². The minimum atomic E-state index is -4.17. The number of ether oxygens (including phenoxy) is 2. The Morgan fingerprint density at radius 1 is 1.29 bits per heavy atom. The normalized spacial score (nSPS) is 18.5. The van der Waals surface area contributed by atoms with Crippen LogP contribution in [0, 0.1) is 0 Å². The van der Waals surface area contributed by atoms with E-state index in [9.17, 15) is 16.8 Å². The van der Waals surface area contributed by atoms with Crippen molar-refractivity contribution in [3.8, 4) is 11.5 Å². The lowest BCUT2D eigenvalue weighted by Gasteiger charge is -2.26. The number of nitrogens with one attached hydrogen (secondary N) is 2. The zero-order valence-corrected chi connectivity index (χ0v) is 13.3. The summed E-state index contributed by atoms with van der Waals surface area (Å²) in [5, 5.41) is 0.494. The smallest absolute Gasteiger partial charge is 0.290 e. The summed E-state index contributed by atoms with van der Waals surface area (Å²) in [5.74, 6) is 0.904. The highest BCUT2D eigenvalue weighted by Crippen LogP contribution is 2.33. The molecule has 1 aliphatic rings. The molecule has 118 valence electrons. The highest BCUT2D eigenvalue weighted by atomic mass is 35.5. The van der Waals surface area contributed by atoms with Crippen LogP contribution in [0.5, 0.6) is 11.5 Å². The van der Waals surface area contributed by atoms with E-state index < -0.39 is 26.3 Å². The summed E-state index contributed by atoms with van der Waals surface area (Å²) in [7, 11) is -8.04. The van der Waals surface area contributed by atoms with Gasteiger partial charge in [0.1, 0.15) is 12.7 Å². The van der Waals surface area contributed by atoms with Crippen LogP contribution in [0.25, 0.3) is 0 Å². The van der Waals surface area contributed by atoms with Crippen LogP contribution in [-0.4, -0.2) is 42.3 Å². The van der Waals surface area contributed by atoms with Crippen molar-refractivity contribution in [1.82, 2.24) is 8.85 Å². The van der Waals surface area contributed by atoms with E-state index in [-0.39, 0.29) is 13.2 Å². The van der Waals surface area contributed by atoms with Crippen molar-refractivity contribution in [2.24, 2.45) is 0 Å². The molecule has 1 atom stereocenters. The number of benzene rings is 1. The quantitative estimate of drug-likeness (QED) is 0.760. The van der Waals surface area contributed by atoms with Crippen LogP contribution < -0.4 is 18.3 Å². The lowest BCUT2D eigenvalue weighted by Crippen LogP contribution is -2.46. The number of sulfonamides is 1. The number of hydrogen-bond acceptors (Lipinski definition) is 6. The third kappa shape index (κ3) is 5.00. The maximum absolute atomic E-state index is 11.5. The molecule has 8 nitrogen and oxygen atoms in total. The first-order valence-electron chi connectivity index (χ1n) is 5.72. The molecule has 2 N–H and O–H groups in total. The summed E-state index contributed by atoms with van der Waals surface area (Å²) in [5.41, 5.74) is 0. The van der Waals surface area contributed by atoms with Crippen LogP contribution in [0.4, 0.5) is 0 Å². The average Bonchev–Trinajstić information content (AvgIpc) is 2.33. The van der Waals surface area contributed by atoms with Gasteiger partial charge in [0.15, 0.2) is 11.5 Å². The Balaban J connectivity index is 1.96. The molecule has 0 spiro atoms. The molecule has 0 saturated carbocycles. The third-order valence-corrected chi connectivity index (χ3v) is 5.26. The lowest BCUT2D eigenvalue weighted by atomic mass is 10.2. The van der Waals surface area contributed by atoms with Crippen LogP contribution >= 0.6 is 11.6 Å². The Bertz CT molecular complexity index is 734. The molecule has 0 fully saturated rings. The summed E-state index contributed by atoms with van der Waals surface area (Å²) in [4.78, 5) is 0. The molecule has 1 aromatic rings. The molecular formula is C10H13ClN2O6S2. The van der Waals surface area contributed by atoms with E-state index in [1.807, 2.05) is 0 Å². The molecular weight excluding hydrogens is 344 g/mol. The summed E-state index contributed by atoms with van der Waals surface area (Å²) in [6, 6.07) is 4.80. The molecule has 2 rings (SSSR count). The highest BCUT2D eigenvalue weighted by molar-refractivity contribution is 8.03. The van der Waals surface area contributed by atoms with Gasteiger partial charge in [-0.1, -0.05) is 15.7 Å². The largest absolute Gasteiger partial charge is 0.486 e. The van der Waals surface area contributed by atoms with Crippen molar-refractivity contribution >= 4 is 31.8 Å². The Morgan fingerprint density at radius 2 is 2.00 bits per heavy atom. The zero-order chi connectivity index (χ0) is 15.7. The van der Waals surface area contributed by atoms with Gasteiger partial charge in [-0.2, -0.15) is 13.1 Å². The van der Waals surface area contributed by atoms with Crippen LogP contribution in [0.3, 0.4) is 0 Å². The predicted molar refractivity (Wildman–Crippen MR) is 76.3 cm³/mol. The molecule has 0 unspecified atom stereocenters. The second-order valence-electron chi connectivity index (χ2n) is 4.35. The van der Waals surface area contributed by atoms with E-state index in [1.165, 1.54) is 4.13 Å². The summed E-state index contributed by atoms with van der Waals surface area (Å²) >= 11 is 5.80. The van der Waals surface area contributed by atoms with Crippen LogP contribution in [0.15, 0.2) is 18.2 Å². The molecule has 1 aliphatic heterocycles. The zero-order valence-electron chi connectivity index (χ0n) is 10.9. The van der Waals surface area contributed by atoms with Gasteiger partial charge >= 0.3 is 0 Å². The van der Waals surface area contributed by atoms with Gasteiger partial charge < -0.3 is 9.47 Å². The topological polar surface area (TPSA) is 111 Å². The second-order valence-corrected chi connectivity index (χ2v) is 8.29. The fourth-order valence-electron chi connectivity index (χ4n) is 1.62. The summed E-state index contributed by atoms with van der Waals surface area (Å²) < 4.78 is 59.2. The van der Waals surface area contributed by atoms with E-state index in [0.29, 0.717) is 16.5 Å². The Morgan fingerprint density at radius 3 is 2.67 bits per heavy atom. The first-order chi connectivity index (χ1) is 9.65. The van der Waals surface area contributed by atoms with Gasteiger partial charge in [0, 0.05) is 11.1 Å². The highest BCUT2D eigenvalue weighted by Gasteiger charge is 2.24. The minimum absolute atomic E-state index is 0.106. The van der Waals surface area contributed by atoms with Gasteiger partial charge in [0.05, 0.1) is 12.8 Å². The van der Waals surface area contributed by atoms with Gasteiger partial charge in [0.2, 0.25) is 10.0 Å². The first-order valence-corrected chi connectivity index (χ1v) is 9.47. The van der Waals surface area contributed by atoms with E-state index in [4.69, 9.17) is 21.1 Å². The summed E-state index contributed by atoms with van der Waals surface area (Å²) in [6.45, 7) is -0.0400. The number of rotatable bonds is 5.